The number of nitrogens with one attached hydrogen (secondary N) is 2. The molecule has 0 saturated heterocycles. The van der Waals surface area contributed by atoms with E-state index in [1.54, 1.807) is 18.2 Å². The Kier molecular flexibility index (Phi) is 6.27. The monoisotopic (exact) mass is 470 g/mol. The molecule has 1 heterocycles. The SMILES string of the molecule is COc1ccc(O)c(C(=O)Nc2ccc(NS(=O)(=O)c3ccc4c(c3)OCCCO4)cc2)c1. The van der Waals surface area contributed by atoms with Gasteiger partial charge in [-0.1, -0.05) is 0 Å². The third kappa shape index (κ3) is 5.12. The number of carbonyl (C=O) groups is 1. The number of phenols is 1. The van der Waals surface area contributed by atoms with Crippen LogP contribution < -0.4 is 24.2 Å². The van der Waals surface area contributed by atoms with Crippen molar-refractivity contribution in [1.82, 2.24) is 0 Å². The Balaban J connectivity index is 1.46. The summed E-state index contributed by atoms with van der Waals surface area (Å²) >= 11 is 0. The molecular formula is C23H22N2O7S. The molecule has 0 bridgehead atoms. The van der Waals surface area contributed by atoms with Crippen molar-refractivity contribution in [2.45, 2.75) is 11.3 Å². The number of hydrogen-bond donors (Lipinski definition) is 3. The van der Waals surface area contributed by atoms with E-state index in [1.807, 2.05) is 0 Å². The lowest BCUT2D eigenvalue weighted by Gasteiger charge is -2.12. The second kappa shape index (κ2) is 9.29. The van der Waals surface area contributed by atoms with Crippen LogP contribution in [0.25, 0.3) is 0 Å². The zero-order chi connectivity index (χ0) is 23.4. The number of rotatable bonds is 6. The van der Waals surface area contributed by atoms with Gasteiger partial charge in [0.2, 0.25) is 0 Å². The topological polar surface area (TPSA) is 123 Å². The molecule has 172 valence electrons. The Morgan fingerprint density at radius 1 is 0.939 bits per heavy atom. The average Bonchev–Trinajstić information content (AvgIpc) is 3.05. The highest BCUT2D eigenvalue weighted by atomic mass is 32.2. The van der Waals surface area contributed by atoms with Gasteiger partial charge in [-0.3, -0.25) is 9.52 Å². The summed E-state index contributed by atoms with van der Waals surface area (Å²) < 4.78 is 44.3. The Labute approximate surface area is 191 Å². The van der Waals surface area contributed by atoms with Crippen LogP contribution in [0.1, 0.15) is 16.8 Å². The van der Waals surface area contributed by atoms with Crippen LogP contribution in [0.2, 0.25) is 0 Å². The highest BCUT2D eigenvalue weighted by Crippen LogP contribution is 2.32. The number of hydrogen-bond acceptors (Lipinski definition) is 7. The molecule has 0 fully saturated rings. The zero-order valence-corrected chi connectivity index (χ0v) is 18.5. The lowest BCUT2D eigenvalue weighted by atomic mass is 10.1. The van der Waals surface area contributed by atoms with E-state index in [-0.39, 0.29) is 16.2 Å². The molecule has 0 unspecified atom stereocenters. The van der Waals surface area contributed by atoms with Crippen LogP contribution in [0.5, 0.6) is 23.0 Å². The predicted molar refractivity (Wildman–Crippen MR) is 122 cm³/mol. The summed E-state index contributed by atoms with van der Waals surface area (Å²) in [5.41, 5.74) is 0.777. The van der Waals surface area contributed by atoms with Gasteiger partial charge in [0.05, 0.1) is 30.8 Å². The molecule has 4 rings (SSSR count). The van der Waals surface area contributed by atoms with E-state index >= 15 is 0 Å². The molecule has 3 aromatic carbocycles. The maximum atomic E-state index is 12.8. The molecule has 0 spiro atoms. The largest absolute Gasteiger partial charge is 0.507 e. The summed E-state index contributed by atoms with van der Waals surface area (Å²) in [6, 6.07) is 14.9. The fourth-order valence-electron chi connectivity index (χ4n) is 3.17. The van der Waals surface area contributed by atoms with Crippen LogP contribution in [0, 0.1) is 0 Å². The number of benzene rings is 3. The number of ether oxygens (including phenoxy) is 3. The molecule has 0 atom stereocenters. The number of carbonyl (C=O) groups excluding carboxylic acids is 1. The Morgan fingerprint density at radius 2 is 1.64 bits per heavy atom. The first kappa shape index (κ1) is 22.3. The molecule has 10 heteroatoms. The van der Waals surface area contributed by atoms with Gasteiger partial charge in [0.15, 0.2) is 11.5 Å². The Morgan fingerprint density at radius 3 is 2.36 bits per heavy atom. The lowest BCUT2D eigenvalue weighted by Crippen LogP contribution is -2.14. The summed E-state index contributed by atoms with van der Waals surface area (Å²) in [6.07, 6.45) is 0.718. The van der Waals surface area contributed by atoms with Crippen molar-refractivity contribution < 1.29 is 32.5 Å². The minimum Gasteiger partial charge on any atom is -0.507 e. The summed E-state index contributed by atoms with van der Waals surface area (Å²) in [5, 5.41) is 12.6. The number of methoxy groups -OCH3 is 1. The minimum absolute atomic E-state index is 0.0395. The van der Waals surface area contributed by atoms with Crippen molar-refractivity contribution in [3.63, 3.8) is 0 Å². The number of anilines is 2. The van der Waals surface area contributed by atoms with Crippen molar-refractivity contribution in [2.24, 2.45) is 0 Å². The van der Waals surface area contributed by atoms with E-state index in [0.717, 1.165) is 6.42 Å². The molecule has 0 radical (unpaired) electrons. The average molecular weight is 471 g/mol. The number of phenolic OH excluding ortho intramolecular Hbond substituents is 1. The molecule has 0 aliphatic carbocycles. The Bertz CT molecular complexity index is 1270. The maximum Gasteiger partial charge on any atom is 0.262 e. The normalized spacial score (nSPS) is 13.0. The Hall–Kier alpha value is -3.92. The van der Waals surface area contributed by atoms with E-state index < -0.39 is 15.9 Å². The van der Waals surface area contributed by atoms with Crippen LogP contribution in [-0.2, 0) is 10.0 Å². The molecule has 9 nitrogen and oxygen atoms in total. The molecule has 33 heavy (non-hydrogen) atoms. The van der Waals surface area contributed by atoms with Gasteiger partial charge in [-0.05, 0) is 54.6 Å². The number of sulfonamides is 1. The van der Waals surface area contributed by atoms with Crippen molar-refractivity contribution in [2.75, 3.05) is 30.4 Å². The van der Waals surface area contributed by atoms with Gasteiger partial charge >= 0.3 is 0 Å². The third-order valence-electron chi connectivity index (χ3n) is 4.87. The fraction of sp³-hybridized carbons (Fsp3) is 0.174. The zero-order valence-electron chi connectivity index (χ0n) is 17.7. The van der Waals surface area contributed by atoms with Gasteiger partial charge in [0.25, 0.3) is 15.9 Å². The molecule has 1 amide bonds. The first-order chi connectivity index (χ1) is 15.9. The highest BCUT2D eigenvalue weighted by Gasteiger charge is 2.19. The minimum atomic E-state index is -3.87. The van der Waals surface area contributed by atoms with Crippen LogP contribution in [0.4, 0.5) is 11.4 Å². The van der Waals surface area contributed by atoms with E-state index in [1.165, 1.54) is 49.6 Å². The summed E-state index contributed by atoms with van der Waals surface area (Å²) in [5.74, 6) is 0.597. The summed E-state index contributed by atoms with van der Waals surface area (Å²) in [4.78, 5) is 12.5. The quantitative estimate of drug-likeness (QED) is 0.503. The standard InChI is InChI=1S/C23H22N2O7S/c1-30-17-7-9-20(26)19(13-17)23(27)24-15-3-5-16(6-4-15)25-33(28,29)18-8-10-21-22(14-18)32-12-2-11-31-21/h3-10,13-14,25-26H,2,11-12H2,1H3,(H,24,27). The lowest BCUT2D eigenvalue weighted by molar-refractivity contribution is 0.102. The molecule has 1 aliphatic heterocycles. The second-order valence-corrected chi connectivity index (χ2v) is 8.86. The van der Waals surface area contributed by atoms with E-state index in [4.69, 9.17) is 14.2 Å². The van der Waals surface area contributed by atoms with Crippen LogP contribution in [-0.4, -0.2) is 39.8 Å². The van der Waals surface area contributed by atoms with E-state index in [2.05, 4.69) is 10.0 Å². The number of aromatic hydroxyl groups is 1. The van der Waals surface area contributed by atoms with Crippen LogP contribution in [0.15, 0.2) is 65.6 Å². The van der Waals surface area contributed by atoms with Gasteiger partial charge in [-0.25, -0.2) is 8.42 Å². The van der Waals surface area contributed by atoms with Gasteiger partial charge in [-0.15, -0.1) is 0 Å². The maximum absolute atomic E-state index is 12.8. The molecule has 0 saturated carbocycles. The smallest absolute Gasteiger partial charge is 0.262 e. The van der Waals surface area contributed by atoms with Crippen molar-refractivity contribution >= 4 is 27.3 Å². The van der Waals surface area contributed by atoms with Crippen molar-refractivity contribution in [3.05, 3.63) is 66.2 Å². The predicted octanol–water partition coefficient (Wildman–Crippen LogP) is 3.62. The first-order valence-corrected chi connectivity index (χ1v) is 11.5. The van der Waals surface area contributed by atoms with Crippen LogP contribution in [0.3, 0.4) is 0 Å². The fourth-order valence-corrected chi connectivity index (χ4v) is 4.24. The van der Waals surface area contributed by atoms with Gasteiger partial charge < -0.3 is 24.6 Å². The molecule has 1 aliphatic rings. The number of amides is 1. The summed E-state index contributed by atoms with van der Waals surface area (Å²) in [6.45, 7) is 0.961. The highest BCUT2D eigenvalue weighted by molar-refractivity contribution is 7.92. The van der Waals surface area contributed by atoms with Gasteiger partial charge in [-0.2, -0.15) is 0 Å². The molecule has 3 N–H and O–H groups in total. The van der Waals surface area contributed by atoms with E-state index in [0.29, 0.717) is 41.8 Å². The molecular weight excluding hydrogens is 448 g/mol. The van der Waals surface area contributed by atoms with E-state index in [9.17, 15) is 18.3 Å². The first-order valence-electron chi connectivity index (χ1n) is 10.1. The molecule has 0 aromatic heterocycles. The van der Waals surface area contributed by atoms with Gasteiger partial charge in [0, 0.05) is 23.9 Å². The summed E-state index contributed by atoms with van der Waals surface area (Å²) in [7, 11) is -2.41. The van der Waals surface area contributed by atoms with Gasteiger partial charge in [0.1, 0.15) is 11.5 Å². The number of fused-ring (bicyclic) bond motifs is 1. The van der Waals surface area contributed by atoms with Crippen molar-refractivity contribution in [3.8, 4) is 23.0 Å². The van der Waals surface area contributed by atoms with Crippen molar-refractivity contribution in [1.29, 1.82) is 0 Å². The van der Waals surface area contributed by atoms with Crippen LogP contribution >= 0.6 is 0 Å². The second-order valence-electron chi connectivity index (χ2n) is 7.18. The molecule has 3 aromatic rings. The third-order valence-corrected chi connectivity index (χ3v) is 6.25.